The Bertz CT molecular complexity index is 876. The third-order valence-corrected chi connectivity index (χ3v) is 6.63. The van der Waals surface area contributed by atoms with Crippen LogP contribution >= 0.6 is 11.6 Å². The predicted molar refractivity (Wildman–Crippen MR) is 103 cm³/mol. The molecule has 26 heavy (non-hydrogen) atoms. The number of anilines is 1. The molecule has 0 saturated carbocycles. The highest BCUT2D eigenvalue weighted by atomic mass is 35.5. The molecule has 1 fully saturated rings. The molecule has 0 radical (unpaired) electrons. The fourth-order valence-electron chi connectivity index (χ4n) is 2.98. The number of piperidine rings is 1. The summed E-state index contributed by atoms with van der Waals surface area (Å²) >= 11 is 6.03. The van der Waals surface area contributed by atoms with Gasteiger partial charge in [-0.25, -0.2) is 8.42 Å². The number of nitrogens with one attached hydrogen (secondary N) is 1. The van der Waals surface area contributed by atoms with Crippen LogP contribution in [-0.4, -0.2) is 31.7 Å². The van der Waals surface area contributed by atoms with E-state index in [-0.39, 0.29) is 17.2 Å². The number of sulfonamides is 1. The summed E-state index contributed by atoms with van der Waals surface area (Å²) < 4.78 is 26.8. The molecule has 1 saturated heterocycles. The second-order valence-corrected chi connectivity index (χ2v) is 8.66. The van der Waals surface area contributed by atoms with E-state index in [1.54, 1.807) is 48.5 Å². The molecule has 0 atom stereocenters. The third-order valence-electron chi connectivity index (χ3n) is 4.39. The van der Waals surface area contributed by atoms with Crippen LogP contribution in [-0.2, 0) is 21.2 Å². The normalized spacial score (nSPS) is 15.6. The number of nitrogens with zero attached hydrogens (tertiary/aromatic N) is 1. The third kappa shape index (κ3) is 4.44. The Balaban J connectivity index is 1.66. The number of hydrogen-bond acceptors (Lipinski definition) is 3. The minimum atomic E-state index is -3.45. The Labute approximate surface area is 159 Å². The standard InChI is InChI=1S/C19H21ClN2O3S/c20-17-6-2-3-7-18(17)21-19(23)14-15-8-10-16(11-9-15)26(24,25)22-12-4-1-5-13-22/h2-3,6-11H,1,4-5,12-14H2,(H,21,23). The lowest BCUT2D eigenvalue weighted by Crippen LogP contribution is -2.35. The Morgan fingerprint density at radius 1 is 1.00 bits per heavy atom. The maximum Gasteiger partial charge on any atom is 0.243 e. The largest absolute Gasteiger partial charge is 0.324 e. The van der Waals surface area contributed by atoms with Crippen molar-refractivity contribution in [3.05, 3.63) is 59.1 Å². The van der Waals surface area contributed by atoms with Crippen LogP contribution in [0.5, 0.6) is 0 Å². The first-order chi connectivity index (χ1) is 12.5. The van der Waals surface area contributed by atoms with Crippen molar-refractivity contribution in [2.45, 2.75) is 30.6 Å². The summed E-state index contributed by atoms with van der Waals surface area (Å²) in [6.07, 6.45) is 3.03. The van der Waals surface area contributed by atoms with Crippen molar-refractivity contribution in [2.75, 3.05) is 18.4 Å². The summed E-state index contributed by atoms with van der Waals surface area (Å²) in [6.45, 7) is 1.15. The van der Waals surface area contributed by atoms with E-state index in [1.165, 1.54) is 4.31 Å². The van der Waals surface area contributed by atoms with Crippen LogP contribution in [0.25, 0.3) is 0 Å². The van der Waals surface area contributed by atoms with Crippen LogP contribution in [0.15, 0.2) is 53.4 Å². The maximum absolute atomic E-state index is 12.6. The number of benzene rings is 2. The van der Waals surface area contributed by atoms with E-state index in [9.17, 15) is 13.2 Å². The number of hydrogen-bond donors (Lipinski definition) is 1. The molecule has 1 amide bonds. The van der Waals surface area contributed by atoms with Gasteiger partial charge in [-0.15, -0.1) is 0 Å². The molecule has 1 aliphatic rings. The van der Waals surface area contributed by atoms with Crippen LogP contribution in [0, 0.1) is 0 Å². The summed E-state index contributed by atoms with van der Waals surface area (Å²) in [4.78, 5) is 12.4. The minimum absolute atomic E-state index is 0.148. The second-order valence-electron chi connectivity index (χ2n) is 6.31. The Morgan fingerprint density at radius 2 is 1.65 bits per heavy atom. The molecule has 3 rings (SSSR count). The van der Waals surface area contributed by atoms with Gasteiger partial charge in [-0.3, -0.25) is 4.79 Å². The van der Waals surface area contributed by atoms with E-state index in [4.69, 9.17) is 11.6 Å². The van der Waals surface area contributed by atoms with Crippen LogP contribution in [0.2, 0.25) is 5.02 Å². The SMILES string of the molecule is O=C(Cc1ccc(S(=O)(=O)N2CCCCC2)cc1)Nc1ccccc1Cl. The van der Waals surface area contributed by atoms with Gasteiger partial charge < -0.3 is 5.32 Å². The average molecular weight is 393 g/mol. The molecule has 0 aromatic heterocycles. The van der Waals surface area contributed by atoms with E-state index in [1.807, 2.05) is 0 Å². The molecular formula is C19H21ClN2O3S. The smallest absolute Gasteiger partial charge is 0.243 e. The van der Waals surface area contributed by atoms with Crippen LogP contribution in [0.1, 0.15) is 24.8 Å². The van der Waals surface area contributed by atoms with Gasteiger partial charge in [-0.05, 0) is 42.7 Å². The molecular weight excluding hydrogens is 372 g/mol. The van der Waals surface area contributed by atoms with Gasteiger partial charge in [0.15, 0.2) is 0 Å². The van der Waals surface area contributed by atoms with Crippen molar-refractivity contribution in [3.63, 3.8) is 0 Å². The first kappa shape index (κ1) is 18.9. The lowest BCUT2D eigenvalue weighted by molar-refractivity contribution is -0.115. The number of carbonyl (C=O) groups is 1. The van der Waals surface area contributed by atoms with E-state index >= 15 is 0 Å². The molecule has 7 heteroatoms. The molecule has 1 N–H and O–H groups in total. The van der Waals surface area contributed by atoms with Crippen molar-refractivity contribution in [1.82, 2.24) is 4.31 Å². The summed E-state index contributed by atoms with van der Waals surface area (Å²) in [5.41, 5.74) is 1.30. The monoisotopic (exact) mass is 392 g/mol. The van der Waals surface area contributed by atoms with Crippen LogP contribution in [0.4, 0.5) is 5.69 Å². The van der Waals surface area contributed by atoms with Crippen molar-refractivity contribution >= 4 is 33.2 Å². The minimum Gasteiger partial charge on any atom is -0.324 e. The fraction of sp³-hybridized carbons (Fsp3) is 0.316. The van der Waals surface area contributed by atoms with Gasteiger partial charge in [-0.2, -0.15) is 4.31 Å². The van der Waals surface area contributed by atoms with Gasteiger partial charge in [0.1, 0.15) is 0 Å². The topological polar surface area (TPSA) is 66.5 Å². The van der Waals surface area contributed by atoms with Crippen molar-refractivity contribution in [2.24, 2.45) is 0 Å². The summed E-state index contributed by atoms with van der Waals surface area (Å²) in [5, 5.41) is 3.23. The highest BCUT2D eigenvalue weighted by molar-refractivity contribution is 7.89. The Hall–Kier alpha value is -1.89. The van der Waals surface area contributed by atoms with Gasteiger partial charge in [0.25, 0.3) is 0 Å². The molecule has 0 bridgehead atoms. The van der Waals surface area contributed by atoms with Gasteiger partial charge in [-0.1, -0.05) is 42.3 Å². The average Bonchev–Trinajstić information content (AvgIpc) is 2.65. The molecule has 2 aromatic rings. The lowest BCUT2D eigenvalue weighted by Gasteiger charge is -2.25. The number of halogens is 1. The summed E-state index contributed by atoms with van der Waals surface area (Å²) in [7, 11) is -3.45. The zero-order chi connectivity index (χ0) is 18.6. The Kier molecular flexibility index (Phi) is 5.96. The molecule has 1 aliphatic heterocycles. The molecule has 0 spiro atoms. The first-order valence-electron chi connectivity index (χ1n) is 8.60. The zero-order valence-corrected chi connectivity index (χ0v) is 15.9. The van der Waals surface area contributed by atoms with Crippen molar-refractivity contribution < 1.29 is 13.2 Å². The highest BCUT2D eigenvalue weighted by Crippen LogP contribution is 2.22. The molecule has 0 unspecified atom stereocenters. The van der Waals surface area contributed by atoms with Crippen molar-refractivity contribution in [3.8, 4) is 0 Å². The summed E-state index contributed by atoms with van der Waals surface area (Å²) in [6, 6.07) is 13.5. The molecule has 138 valence electrons. The number of para-hydroxylation sites is 1. The highest BCUT2D eigenvalue weighted by Gasteiger charge is 2.25. The van der Waals surface area contributed by atoms with Crippen LogP contribution in [0.3, 0.4) is 0 Å². The quantitative estimate of drug-likeness (QED) is 0.843. The van der Waals surface area contributed by atoms with Crippen LogP contribution < -0.4 is 5.32 Å². The zero-order valence-electron chi connectivity index (χ0n) is 14.3. The van der Waals surface area contributed by atoms with E-state index in [0.717, 1.165) is 24.8 Å². The summed E-state index contributed by atoms with van der Waals surface area (Å²) in [5.74, 6) is -0.204. The van der Waals surface area contributed by atoms with Gasteiger partial charge >= 0.3 is 0 Å². The second kappa shape index (κ2) is 8.20. The van der Waals surface area contributed by atoms with Gasteiger partial charge in [0, 0.05) is 13.1 Å². The van der Waals surface area contributed by atoms with Gasteiger partial charge in [0.2, 0.25) is 15.9 Å². The maximum atomic E-state index is 12.6. The van der Waals surface area contributed by atoms with E-state index < -0.39 is 10.0 Å². The molecule has 5 nitrogen and oxygen atoms in total. The number of amides is 1. The molecule has 1 heterocycles. The van der Waals surface area contributed by atoms with Crippen molar-refractivity contribution in [1.29, 1.82) is 0 Å². The first-order valence-corrected chi connectivity index (χ1v) is 10.4. The number of rotatable bonds is 5. The molecule has 0 aliphatic carbocycles. The Morgan fingerprint density at radius 3 is 2.31 bits per heavy atom. The van der Waals surface area contributed by atoms with E-state index in [2.05, 4.69) is 5.32 Å². The van der Waals surface area contributed by atoms with Gasteiger partial charge in [0.05, 0.1) is 22.0 Å². The molecule has 2 aromatic carbocycles. The fourth-order valence-corrected chi connectivity index (χ4v) is 4.68. The predicted octanol–water partition coefficient (Wildman–Crippen LogP) is 3.70. The number of carbonyl (C=O) groups excluding carboxylic acids is 1. The lowest BCUT2D eigenvalue weighted by atomic mass is 10.1. The van der Waals surface area contributed by atoms with E-state index in [0.29, 0.717) is 23.8 Å².